The van der Waals surface area contributed by atoms with Crippen LogP contribution in [0.5, 0.6) is 0 Å². The molecule has 0 fully saturated rings. The Balaban J connectivity index is 4.33. The Labute approximate surface area is 118 Å². The molecule has 3 nitrogen and oxygen atoms in total. The number of ether oxygens (including phenoxy) is 1. The molecule has 2 unspecified atom stereocenters. The van der Waals surface area contributed by atoms with Gasteiger partial charge in [-0.2, -0.15) is 0 Å². The van der Waals surface area contributed by atoms with Crippen molar-refractivity contribution in [2.45, 2.75) is 73.3 Å². The fourth-order valence-electron chi connectivity index (χ4n) is 2.30. The van der Waals surface area contributed by atoms with Crippen LogP contribution in [0.2, 0.25) is 0 Å². The predicted molar refractivity (Wildman–Crippen MR) is 78.9 cm³/mol. The number of aliphatic hydroxyl groups is 1. The van der Waals surface area contributed by atoms with Crippen molar-refractivity contribution in [1.82, 2.24) is 0 Å². The molecule has 0 heterocycles. The van der Waals surface area contributed by atoms with Crippen LogP contribution in [0.25, 0.3) is 0 Å². The second-order valence-electron chi connectivity index (χ2n) is 6.53. The number of carbonyl (C=O) groups excluding carboxylic acids is 1. The third-order valence-electron chi connectivity index (χ3n) is 3.75. The van der Waals surface area contributed by atoms with Crippen LogP contribution in [0.1, 0.15) is 67.2 Å². The summed E-state index contributed by atoms with van der Waals surface area (Å²) in [6.45, 7) is 12.3. The van der Waals surface area contributed by atoms with Gasteiger partial charge in [-0.1, -0.05) is 54.4 Å². The van der Waals surface area contributed by atoms with E-state index in [0.29, 0.717) is 0 Å². The van der Waals surface area contributed by atoms with Gasteiger partial charge in [-0.05, 0) is 18.8 Å². The van der Waals surface area contributed by atoms with E-state index in [2.05, 4.69) is 6.92 Å². The van der Waals surface area contributed by atoms with Crippen molar-refractivity contribution in [1.29, 1.82) is 0 Å². The van der Waals surface area contributed by atoms with E-state index in [1.54, 1.807) is 0 Å². The maximum Gasteiger partial charge on any atom is 0.308 e. The van der Waals surface area contributed by atoms with E-state index in [1.165, 1.54) is 0 Å². The van der Waals surface area contributed by atoms with Crippen molar-refractivity contribution in [3.63, 3.8) is 0 Å². The van der Waals surface area contributed by atoms with Crippen molar-refractivity contribution < 1.29 is 14.6 Å². The normalized spacial score (nSPS) is 15.4. The summed E-state index contributed by atoms with van der Waals surface area (Å²) in [7, 11) is 0. The Morgan fingerprint density at radius 3 is 2.26 bits per heavy atom. The Kier molecular flexibility index (Phi) is 8.31. The molecule has 0 aliphatic carbocycles. The third kappa shape index (κ3) is 6.42. The van der Waals surface area contributed by atoms with Gasteiger partial charge in [0.05, 0.1) is 18.6 Å². The van der Waals surface area contributed by atoms with E-state index < -0.39 is 11.5 Å². The summed E-state index contributed by atoms with van der Waals surface area (Å²) in [5.74, 6) is 0.0580. The van der Waals surface area contributed by atoms with Gasteiger partial charge in [0, 0.05) is 5.41 Å². The van der Waals surface area contributed by atoms with Crippen LogP contribution in [-0.2, 0) is 9.53 Å². The first kappa shape index (κ1) is 18.4. The van der Waals surface area contributed by atoms with Crippen LogP contribution in [0.3, 0.4) is 0 Å². The SMILES string of the molecule is CCCCC(CC)C(=O)OCC(C)(C)C(O)C(C)C. The smallest absolute Gasteiger partial charge is 0.308 e. The van der Waals surface area contributed by atoms with Crippen LogP contribution < -0.4 is 0 Å². The van der Waals surface area contributed by atoms with Crippen molar-refractivity contribution in [3.05, 3.63) is 0 Å². The van der Waals surface area contributed by atoms with Crippen LogP contribution in [0, 0.1) is 17.3 Å². The Hall–Kier alpha value is -0.570. The molecule has 2 atom stereocenters. The molecule has 0 radical (unpaired) electrons. The first-order valence-corrected chi connectivity index (χ1v) is 7.60. The topological polar surface area (TPSA) is 46.5 Å². The van der Waals surface area contributed by atoms with Crippen molar-refractivity contribution in [2.75, 3.05) is 6.61 Å². The zero-order chi connectivity index (χ0) is 15.1. The van der Waals surface area contributed by atoms with Crippen molar-refractivity contribution in [3.8, 4) is 0 Å². The highest BCUT2D eigenvalue weighted by Crippen LogP contribution is 2.27. The van der Waals surface area contributed by atoms with Crippen LogP contribution >= 0.6 is 0 Å². The van der Waals surface area contributed by atoms with Crippen molar-refractivity contribution in [2.24, 2.45) is 17.3 Å². The number of unbranched alkanes of at least 4 members (excludes halogenated alkanes) is 1. The third-order valence-corrected chi connectivity index (χ3v) is 3.75. The van der Waals surface area contributed by atoms with Gasteiger partial charge >= 0.3 is 5.97 Å². The maximum atomic E-state index is 12.0. The Morgan fingerprint density at radius 2 is 1.84 bits per heavy atom. The molecular weight excluding hydrogens is 240 g/mol. The lowest BCUT2D eigenvalue weighted by molar-refractivity contribution is -0.155. The molecule has 0 aliphatic heterocycles. The van der Waals surface area contributed by atoms with E-state index in [1.807, 2.05) is 34.6 Å². The van der Waals surface area contributed by atoms with Crippen molar-refractivity contribution >= 4 is 5.97 Å². The van der Waals surface area contributed by atoms with E-state index >= 15 is 0 Å². The first-order valence-electron chi connectivity index (χ1n) is 7.60. The monoisotopic (exact) mass is 272 g/mol. The highest BCUT2D eigenvalue weighted by atomic mass is 16.5. The lowest BCUT2D eigenvalue weighted by atomic mass is 9.81. The molecule has 0 aromatic heterocycles. The van der Waals surface area contributed by atoms with Gasteiger partial charge in [-0.3, -0.25) is 4.79 Å². The van der Waals surface area contributed by atoms with Crippen LogP contribution in [-0.4, -0.2) is 23.8 Å². The van der Waals surface area contributed by atoms with Gasteiger partial charge in [-0.15, -0.1) is 0 Å². The van der Waals surface area contributed by atoms with Gasteiger partial charge in [0.2, 0.25) is 0 Å². The molecule has 0 aliphatic rings. The second-order valence-corrected chi connectivity index (χ2v) is 6.53. The molecule has 0 aromatic rings. The quantitative estimate of drug-likeness (QED) is 0.650. The zero-order valence-electron chi connectivity index (χ0n) is 13.5. The molecule has 0 aromatic carbocycles. The number of esters is 1. The number of carbonyl (C=O) groups is 1. The van der Waals surface area contributed by atoms with Gasteiger partial charge in [0.1, 0.15) is 0 Å². The standard InChI is InChI=1S/C16H32O3/c1-7-9-10-13(8-2)15(18)19-11-16(5,6)14(17)12(3)4/h12-14,17H,7-11H2,1-6H3. The zero-order valence-corrected chi connectivity index (χ0v) is 13.5. The van der Waals surface area contributed by atoms with E-state index in [4.69, 9.17) is 4.74 Å². The summed E-state index contributed by atoms with van der Waals surface area (Å²) >= 11 is 0. The Morgan fingerprint density at radius 1 is 1.26 bits per heavy atom. The molecule has 1 N–H and O–H groups in total. The van der Waals surface area contributed by atoms with Crippen LogP contribution in [0.15, 0.2) is 0 Å². The Bertz CT molecular complexity index is 259. The molecule has 114 valence electrons. The molecular formula is C16H32O3. The summed E-state index contributed by atoms with van der Waals surface area (Å²) in [5, 5.41) is 10.1. The summed E-state index contributed by atoms with van der Waals surface area (Å²) in [6, 6.07) is 0. The van der Waals surface area contributed by atoms with Gasteiger partial charge in [0.15, 0.2) is 0 Å². The summed E-state index contributed by atoms with van der Waals surface area (Å²) in [6.07, 6.45) is 3.42. The number of hydrogen-bond acceptors (Lipinski definition) is 3. The second kappa shape index (κ2) is 8.57. The molecule has 0 amide bonds. The molecule has 0 rings (SSSR count). The summed E-state index contributed by atoms with van der Waals surface area (Å²) in [5.41, 5.74) is -0.396. The number of aliphatic hydroxyl groups excluding tert-OH is 1. The minimum Gasteiger partial charge on any atom is -0.465 e. The molecule has 3 heteroatoms. The van der Waals surface area contributed by atoms with Crippen LogP contribution in [0.4, 0.5) is 0 Å². The maximum absolute atomic E-state index is 12.0. The van der Waals surface area contributed by atoms with Gasteiger partial charge in [0.25, 0.3) is 0 Å². The molecule has 0 saturated heterocycles. The average molecular weight is 272 g/mol. The number of rotatable bonds is 9. The molecule has 0 saturated carbocycles. The first-order chi connectivity index (χ1) is 8.76. The van der Waals surface area contributed by atoms with E-state index in [-0.39, 0.29) is 24.4 Å². The minimum absolute atomic E-state index is 0.00643. The fourth-order valence-corrected chi connectivity index (χ4v) is 2.30. The van der Waals surface area contributed by atoms with E-state index in [0.717, 1.165) is 25.7 Å². The van der Waals surface area contributed by atoms with E-state index in [9.17, 15) is 9.90 Å². The molecule has 0 spiro atoms. The molecule has 19 heavy (non-hydrogen) atoms. The lowest BCUT2D eigenvalue weighted by Gasteiger charge is -2.33. The summed E-state index contributed by atoms with van der Waals surface area (Å²) in [4.78, 5) is 12.0. The highest BCUT2D eigenvalue weighted by molar-refractivity contribution is 5.72. The van der Waals surface area contributed by atoms with Gasteiger partial charge < -0.3 is 9.84 Å². The van der Waals surface area contributed by atoms with Gasteiger partial charge in [-0.25, -0.2) is 0 Å². The largest absolute Gasteiger partial charge is 0.465 e. The molecule has 0 bridgehead atoms. The number of hydrogen-bond donors (Lipinski definition) is 1. The average Bonchev–Trinajstić information content (AvgIpc) is 2.36. The highest BCUT2D eigenvalue weighted by Gasteiger charge is 2.32. The minimum atomic E-state index is -0.462. The predicted octanol–water partition coefficient (Wildman–Crippen LogP) is 3.79. The lowest BCUT2D eigenvalue weighted by Crippen LogP contribution is -2.38. The fraction of sp³-hybridized carbons (Fsp3) is 0.938. The summed E-state index contributed by atoms with van der Waals surface area (Å²) < 4.78 is 5.43.